The summed E-state index contributed by atoms with van der Waals surface area (Å²) in [4.78, 5) is 0. The van der Waals surface area contributed by atoms with Gasteiger partial charge in [-0.15, -0.1) is 0 Å². The van der Waals surface area contributed by atoms with Crippen molar-refractivity contribution in [2.45, 2.75) is 53.6 Å². The van der Waals surface area contributed by atoms with Gasteiger partial charge < -0.3 is 9.47 Å². The molecule has 102 valence electrons. The van der Waals surface area contributed by atoms with E-state index in [4.69, 9.17) is 9.47 Å². The zero-order chi connectivity index (χ0) is 13.7. The molecule has 2 rings (SSSR count). The summed E-state index contributed by atoms with van der Waals surface area (Å²) >= 11 is 0. The van der Waals surface area contributed by atoms with Crippen LogP contribution in [-0.2, 0) is 0 Å². The van der Waals surface area contributed by atoms with Crippen molar-refractivity contribution in [3.63, 3.8) is 0 Å². The molecule has 1 atom stereocenters. The summed E-state index contributed by atoms with van der Waals surface area (Å²) in [5, 5.41) is 0. The molecule has 0 N–H and O–H groups in total. The minimum atomic E-state index is 0.176. The fraction of sp³-hybridized carbons (Fsp3) is 0.625. The molecular formula is C16H26O2. The van der Waals surface area contributed by atoms with Gasteiger partial charge in [0, 0.05) is 0 Å². The Hall–Kier alpha value is -1.18. The minimum absolute atomic E-state index is 0.176. The van der Waals surface area contributed by atoms with Crippen LogP contribution >= 0.6 is 0 Å². The Kier molecular flexibility index (Phi) is 5.52. The van der Waals surface area contributed by atoms with Crippen molar-refractivity contribution in [3.8, 4) is 11.5 Å². The topological polar surface area (TPSA) is 18.5 Å². The first-order valence-electron chi connectivity index (χ1n) is 7.01. The first kappa shape index (κ1) is 14.9. The van der Waals surface area contributed by atoms with Crippen LogP contribution in [0.2, 0.25) is 0 Å². The third-order valence-electron chi connectivity index (χ3n) is 3.06. The molecule has 1 aromatic carbocycles. The lowest BCUT2D eigenvalue weighted by Gasteiger charge is -2.29. The molecule has 0 aliphatic carbocycles. The largest absolute Gasteiger partial charge is 0.486 e. The van der Waals surface area contributed by atoms with E-state index in [1.807, 2.05) is 19.9 Å². The lowest BCUT2D eigenvalue weighted by atomic mass is 10.0. The van der Waals surface area contributed by atoms with E-state index in [0.29, 0.717) is 18.4 Å². The molecule has 0 spiro atoms. The molecule has 1 aromatic rings. The second kappa shape index (κ2) is 6.67. The van der Waals surface area contributed by atoms with Gasteiger partial charge in [0.2, 0.25) is 0 Å². The predicted octanol–water partition coefficient (Wildman–Crippen LogP) is 4.63. The highest BCUT2D eigenvalue weighted by atomic mass is 16.6. The third-order valence-corrected chi connectivity index (χ3v) is 3.06. The van der Waals surface area contributed by atoms with E-state index < -0.39 is 0 Å². The number of fused-ring (bicyclic) bond motifs is 1. The Balaban J connectivity index is 0.000000771. The molecule has 1 aliphatic heterocycles. The van der Waals surface area contributed by atoms with Gasteiger partial charge in [-0.2, -0.15) is 0 Å². The quantitative estimate of drug-likeness (QED) is 0.761. The van der Waals surface area contributed by atoms with Crippen LogP contribution in [0.4, 0.5) is 0 Å². The highest BCUT2D eigenvalue weighted by molar-refractivity contribution is 5.44. The van der Waals surface area contributed by atoms with Gasteiger partial charge >= 0.3 is 0 Å². The standard InChI is InChI=1S/C14H20O2.C2H6/c1-9(2)11-5-6-12-13(7-11)16-14(8-15-12)10(3)4;1-2/h5-7,9-10,14H,8H2,1-4H3;1-2H3. The molecule has 0 bridgehead atoms. The van der Waals surface area contributed by atoms with Gasteiger partial charge in [0.05, 0.1) is 0 Å². The maximum atomic E-state index is 5.96. The van der Waals surface area contributed by atoms with Crippen LogP contribution in [0, 0.1) is 5.92 Å². The van der Waals surface area contributed by atoms with E-state index in [-0.39, 0.29) is 6.10 Å². The maximum Gasteiger partial charge on any atom is 0.162 e. The summed E-state index contributed by atoms with van der Waals surface area (Å²) in [5.41, 5.74) is 1.30. The fourth-order valence-electron chi connectivity index (χ4n) is 1.79. The molecule has 0 saturated heterocycles. The monoisotopic (exact) mass is 250 g/mol. The average molecular weight is 250 g/mol. The van der Waals surface area contributed by atoms with Crippen molar-refractivity contribution in [1.29, 1.82) is 0 Å². The lowest BCUT2D eigenvalue weighted by Crippen LogP contribution is -2.33. The molecule has 1 unspecified atom stereocenters. The van der Waals surface area contributed by atoms with Crippen molar-refractivity contribution in [2.75, 3.05) is 6.61 Å². The lowest BCUT2D eigenvalue weighted by molar-refractivity contribution is 0.0589. The zero-order valence-corrected chi connectivity index (χ0v) is 12.5. The molecule has 2 nitrogen and oxygen atoms in total. The third kappa shape index (κ3) is 3.41. The van der Waals surface area contributed by atoms with E-state index in [1.54, 1.807) is 0 Å². The molecule has 0 saturated carbocycles. The van der Waals surface area contributed by atoms with Gasteiger partial charge in [-0.25, -0.2) is 0 Å². The van der Waals surface area contributed by atoms with Gasteiger partial charge in [-0.05, 0) is 29.5 Å². The molecule has 0 radical (unpaired) electrons. The average Bonchev–Trinajstić information content (AvgIpc) is 2.39. The Bertz CT molecular complexity index is 369. The summed E-state index contributed by atoms with van der Waals surface area (Å²) in [6.45, 7) is 13.3. The van der Waals surface area contributed by atoms with Gasteiger partial charge in [0.25, 0.3) is 0 Å². The van der Waals surface area contributed by atoms with E-state index >= 15 is 0 Å². The van der Waals surface area contributed by atoms with Crippen LogP contribution < -0.4 is 9.47 Å². The molecule has 1 heterocycles. The molecular weight excluding hydrogens is 224 g/mol. The highest BCUT2D eigenvalue weighted by Crippen LogP contribution is 2.35. The number of hydrogen-bond donors (Lipinski definition) is 0. The molecule has 0 fully saturated rings. The van der Waals surface area contributed by atoms with Gasteiger partial charge in [0.15, 0.2) is 11.5 Å². The summed E-state index contributed by atoms with van der Waals surface area (Å²) in [6, 6.07) is 6.23. The number of rotatable bonds is 2. The first-order valence-corrected chi connectivity index (χ1v) is 7.01. The number of ether oxygens (including phenoxy) is 2. The van der Waals surface area contributed by atoms with Crippen LogP contribution in [0.25, 0.3) is 0 Å². The molecule has 0 aromatic heterocycles. The van der Waals surface area contributed by atoms with Crippen LogP contribution in [0.3, 0.4) is 0 Å². The van der Waals surface area contributed by atoms with E-state index in [9.17, 15) is 0 Å². The fourth-order valence-corrected chi connectivity index (χ4v) is 1.79. The Morgan fingerprint density at radius 3 is 2.28 bits per heavy atom. The normalized spacial score (nSPS) is 17.4. The summed E-state index contributed by atoms with van der Waals surface area (Å²) in [6.07, 6.45) is 0.176. The highest BCUT2D eigenvalue weighted by Gasteiger charge is 2.23. The second-order valence-electron chi connectivity index (χ2n) is 5.07. The van der Waals surface area contributed by atoms with E-state index in [0.717, 1.165) is 11.5 Å². The molecule has 0 amide bonds. The Morgan fingerprint density at radius 1 is 1.06 bits per heavy atom. The van der Waals surface area contributed by atoms with Gasteiger partial charge in [0.1, 0.15) is 12.7 Å². The maximum absolute atomic E-state index is 5.96. The Labute approximate surface area is 111 Å². The van der Waals surface area contributed by atoms with E-state index in [1.165, 1.54) is 5.56 Å². The molecule has 1 aliphatic rings. The zero-order valence-electron chi connectivity index (χ0n) is 12.5. The van der Waals surface area contributed by atoms with Crippen LogP contribution in [0.5, 0.6) is 11.5 Å². The first-order chi connectivity index (χ1) is 8.58. The summed E-state index contributed by atoms with van der Waals surface area (Å²) < 4.78 is 11.7. The van der Waals surface area contributed by atoms with Crippen LogP contribution in [0.15, 0.2) is 18.2 Å². The van der Waals surface area contributed by atoms with Crippen LogP contribution in [0.1, 0.15) is 53.0 Å². The molecule has 2 heteroatoms. The van der Waals surface area contributed by atoms with Crippen molar-refractivity contribution >= 4 is 0 Å². The predicted molar refractivity (Wildman–Crippen MR) is 76.6 cm³/mol. The summed E-state index contributed by atoms with van der Waals surface area (Å²) in [5.74, 6) is 2.78. The van der Waals surface area contributed by atoms with Crippen molar-refractivity contribution in [2.24, 2.45) is 5.92 Å². The number of benzene rings is 1. The summed E-state index contributed by atoms with van der Waals surface area (Å²) in [7, 11) is 0. The van der Waals surface area contributed by atoms with Gasteiger partial charge in [-0.3, -0.25) is 0 Å². The SMILES string of the molecule is CC.CC(C)c1ccc2c(c1)OC(C(C)C)CO2. The van der Waals surface area contributed by atoms with Crippen molar-refractivity contribution < 1.29 is 9.47 Å². The van der Waals surface area contributed by atoms with Crippen molar-refractivity contribution in [1.82, 2.24) is 0 Å². The molecule has 18 heavy (non-hydrogen) atoms. The minimum Gasteiger partial charge on any atom is -0.486 e. The Morgan fingerprint density at radius 2 is 1.72 bits per heavy atom. The number of hydrogen-bond acceptors (Lipinski definition) is 2. The van der Waals surface area contributed by atoms with E-state index in [2.05, 4.69) is 39.8 Å². The second-order valence-corrected chi connectivity index (χ2v) is 5.07. The van der Waals surface area contributed by atoms with Gasteiger partial charge in [-0.1, -0.05) is 47.6 Å². The van der Waals surface area contributed by atoms with Crippen LogP contribution in [-0.4, -0.2) is 12.7 Å². The smallest absolute Gasteiger partial charge is 0.162 e. The van der Waals surface area contributed by atoms with Crippen molar-refractivity contribution in [3.05, 3.63) is 23.8 Å².